The summed E-state index contributed by atoms with van der Waals surface area (Å²) in [4.78, 5) is 25.1. The van der Waals surface area contributed by atoms with E-state index in [-0.39, 0.29) is 34.6 Å². The molecule has 1 aromatic rings. The largest absolute Gasteiger partial charge is 0.472 e. The number of esters is 1. The number of hydrogen-bond acceptors (Lipinski definition) is 4. The standard InChI is InChI=1S/C20H24O4/c1-12-9-17-20(3)14(18(22)24-17)5-4-6-16(20)19(12,2)10-15(21)13-7-8-23-11-13/h5,7-8,11-12,16-17H,4,6,9-10H2,1-3H3/t12-,16-,17+,19+,20+/m1/s1. The molecular weight excluding hydrogens is 304 g/mol. The fourth-order valence-corrected chi connectivity index (χ4v) is 5.53. The first kappa shape index (κ1) is 15.7. The van der Waals surface area contributed by atoms with Crippen molar-refractivity contribution >= 4 is 11.8 Å². The van der Waals surface area contributed by atoms with Crippen LogP contribution in [0.4, 0.5) is 0 Å². The molecule has 0 aromatic carbocycles. The van der Waals surface area contributed by atoms with Crippen LogP contribution in [0.5, 0.6) is 0 Å². The number of hydrogen-bond donors (Lipinski definition) is 0. The van der Waals surface area contributed by atoms with Crippen LogP contribution in [0.1, 0.15) is 56.8 Å². The zero-order chi connectivity index (χ0) is 17.1. The Hall–Kier alpha value is -1.84. The van der Waals surface area contributed by atoms with Crippen LogP contribution in [0.3, 0.4) is 0 Å². The van der Waals surface area contributed by atoms with Gasteiger partial charge in [-0.3, -0.25) is 4.79 Å². The maximum Gasteiger partial charge on any atom is 0.334 e. The van der Waals surface area contributed by atoms with Crippen LogP contribution in [0.2, 0.25) is 0 Å². The fraction of sp³-hybridized carbons (Fsp3) is 0.600. The van der Waals surface area contributed by atoms with Crippen molar-refractivity contribution in [3.63, 3.8) is 0 Å². The monoisotopic (exact) mass is 328 g/mol. The molecule has 2 fully saturated rings. The van der Waals surface area contributed by atoms with Gasteiger partial charge in [0.2, 0.25) is 0 Å². The molecule has 1 aliphatic heterocycles. The number of carbonyl (C=O) groups excluding carboxylic acids is 2. The van der Waals surface area contributed by atoms with Gasteiger partial charge in [-0.1, -0.05) is 26.8 Å². The topological polar surface area (TPSA) is 56.5 Å². The van der Waals surface area contributed by atoms with E-state index in [9.17, 15) is 9.59 Å². The van der Waals surface area contributed by atoms with Crippen LogP contribution in [0.25, 0.3) is 0 Å². The number of rotatable bonds is 3. The Bertz CT molecular complexity index is 716. The molecule has 4 heteroatoms. The summed E-state index contributed by atoms with van der Waals surface area (Å²) in [5, 5.41) is 0. The highest BCUT2D eigenvalue weighted by molar-refractivity contribution is 5.96. The summed E-state index contributed by atoms with van der Waals surface area (Å²) in [6, 6.07) is 1.73. The Morgan fingerprint density at radius 1 is 1.38 bits per heavy atom. The van der Waals surface area contributed by atoms with Crippen LogP contribution in [0, 0.1) is 22.7 Å². The normalized spacial score (nSPS) is 40.7. The molecular formula is C20H24O4. The molecule has 2 aliphatic carbocycles. The molecule has 4 rings (SSSR count). The molecule has 0 N–H and O–H groups in total. The van der Waals surface area contributed by atoms with Crippen LogP contribution >= 0.6 is 0 Å². The SMILES string of the molecule is C[C@@H]1C[C@@H]2OC(=O)C3=CCC[C@H]([C@@]1(C)CC(=O)c1ccoc1)[C@]32C. The quantitative estimate of drug-likeness (QED) is 0.617. The minimum atomic E-state index is -0.257. The lowest BCUT2D eigenvalue weighted by molar-refractivity contribution is -0.147. The van der Waals surface area contributed by atoms with Crippen molar-refractivity contribution in [2.24, 2.45) is 22.7 Å². The van der Waals surface area contributed by atoms with Gasteiger partial charge in [-0.15, -0.1) is 0 Å². The molecule has 128 valence electrons. The second-order valence-corrected chi connectivity index (χ2v) is 8.18. The van der Waals surface area contributed by atoms with Crippen molar-refractivity contribution in [1.29, 1.82) is 0 Å². The van der Waals surface area contributed by atoms with E-state index in [0.717, 1.165) is 24.8 Å². The van der Waals surface area contributed by atoms with Crippen LogP contribution in [-0.2, 0) is 9.53 Å². The van der Waals surface area contributed by atoms with E-state index in [1.54, 1.807) is 12.3 Å². The minimum absolute atomic E-state index is 0.0475. The number of allylic oxidation sites excluding steroid dienone is 1. The molecule has 0 bridgehead atoms. The number of ketones is 1. The molecule has 1 aromatic heterocycles. The van der Waals surface area contributed by atoms with Crippen molar-refractivity contribution in [2.75, 3.05) is 0 Å². The van der Waals surface area contributed by atoms with E-state index in [2.05, 4.69) is 26.8 Å². The maximum absolute atomic E-state index is 12.8. The fourth-order valence-electron chi connectivity index (χ4n) is 5.53. The smallest absolute Gasteiger partial charge is 0.334 e. The highest BCUT2D eigenvalue weighted by Gasteiger charge is 2.64. The lowest BCUT2D eigenvalue weighted by Crippen LogP contribution is -2.55. The predicted octanol–water partition coefficient (Wildman–Crippen LogP) is 4.17. The van der Waals surface area contributed by atoms with Crippen molar-refractivity contribution in [3.8, 4) is 0 Å². The summed E-state index contributed by atoms with van der Waals surface area (Å²) in [5.74, 6) is 0.578. The summed E-state index contributed by atoms with van der Waals surface area (Å²) in [6.07, 6.45) is 8.29. The van der Waals surface area contributed by atoms with Crippen LogP contribution < -0.4 is 0 Å². The molecule has 5 atom stereocenters. The third-order valence-electron chi connectivity index (χ3n) is 7.12. The Kier molecular flexibility index (Phi) is 3.32. The van der Waals surface area contributed by atoms with Gasteiger partial charge in [0.25, 0.3) is 0 Å². The predicted molar refractivity (Wildman–Crippen MR) is 88.3 cm³/mol. The van der Waals surface area contributed by atoms with Crippen molar-refractivity contribution in [2.45, 2.75) is 52.6 Å². The summed E-state index contributed by atoms with van der Waals surface area (Å²) in [6.45, 7) is 6.60. The molecule has 2 heterocycles. The van der Waals surface area contributed by atoms with E-state index in [0.29, 0.717) is 17.9 Å². The molecule has 0 radical (unpaired) electrons. The van der Waals surface area contributed by atoms with Gasteiger partial charge >= 0.3 is 5.97 Å². The van der Waals surface area contributed by atoms with Gasteiger partial charge < -0.3 is 9.15 Å². The number of ether oxygens (including phenoxy) is 1. The Morgan fingerprint density at radius 2 is 2.17 bits per heavy atom. The lowest BCUT2D eigenvalue weighted by Gasteiger charge is -2.56. The summed E-state index contributed by atoms with van der Waals surface area (Å²) >= 11 is 0. The zero-order valence-corrected chi connectivity index (χ0v) is 14.5. The Morgan fingerprint density at radius 3 is 2.88 bits per heavy atom. The molecule has 0 unspecified atom stereocenters. The molecule has 0 amide bonds. The first-order valence-electron chi connectivity index (χ1n) is 8.84. The van der Waals surface area contributed by atoms with Gasteiger partial charge in [0.1, 0.15) is 12.4 Å². The van der Waals surface area contributed by atoms with Gasteiger partial charge in [0.15, 0.2) is 5.78 Å². The summed E-state index contributed by atoms with van der Waals surface area (Å²) in [7, 11) is 0. The Balaban J connectivity index is 1.72. The molecule has 24 heavy (non-hydrogen) atoms. The van der Waals surface area contributed by atoms with E-state index >= 15 is 0 Å². The maximum atomic E-state index is 12.8. The number of furan rings is 1. The second-order valence-electron chi connectivity index (χ2n) is 8.18. The van der Waals surface area contributed by atoms with Crippen LogP contribution in [-0.4, -0.2) is 17.9 Å². The number of carbonyl (C=O) groups is 2. The minimum Gasteiger partial charge on any atom is -0.472 e. The van der Waals surface area contributed by atoms with Gasteiger partial charge in [0, 0.05) is 17.4 Å². The second kappa shape index (κ2) is 5.08. The first-order chi connectivity index (χ1) is 11.4. The van der Waals surface area contributed by atoms with E-state index in [1.807, 2.05) is 0 Å². The highest BCUT2D eigenvalue weighted by atomic mass is 16.6. The lowest BCUT2D eigenvalue weighted by atomic mass is 9.46. The average molecular weight is 328 g/mol. The third-order valence-corrected chi connectivity index (χ3v) is 7.12. The number of Topliss-reactive ketones (excluding diaryl/α,β-unsaturated/α-hetero) is 1. The summed E-state index contributed by atoms with van der Waals surface area (Å²) < 4.78 is 10.8. The Labute approximate surface area is 142 Å². The van der Waals surface area contributed by atoms with Gasteiger partial charge in [-0.2, -0.15) is 0 Å². The van der Waals surface area contributed by atoms with Crippen molar-refractivity contribution in [1.82, 2.24) is 0 Å². The van der Waals surface area contributed by atoms with Gasteiger partial charge in [-0.25, -0.2) is 4.79 Å². The molecule has 1 saturated heterocycles. The molecule has 4 nitrogen and oxygen atoms in total. The zero-order valence-electron chi connectivity index (χ0n) is 14.5. The molecule has 0 spiro atoms. The third kappa shape index (κ3) is 1.92. The van der Waals surface area contributed by atoms with Gasteiger partial charge in [0.05, 0.1) is 11.8 Å². The average Bonchev–Trinajstić information content (AvgIpc) is 3.14. The van der Waals surface area contributed by atoms with E-state index in [1.165, 1.54) is 6.26 Å². The van der Waals surface area contributed by atoms with Crippen LogP contribution in [0.15, 0.2) is 34.7 Å². The van der Waals surface area contributed by atoms with Gasteiger partial charge in [-0.05, 0) is 42.6 Å². The highest BCUT2D eigenvalue weighted by Crippen LogP contribution is 2.64. The van der Waals surface area contributed by atoms with E-state index in [4.69, 9.17) is 9.15 Å². The van der Waals surface area contributed by atoms with Crippen molar-refractivity contribution in [3.05, 3.63) is 35.8 Å². The molecule has 1 saturated carbocycles. The summed E-state index contributed by atoms with van der Waals surface area (Å²) in [5.41, 5.74) is 1.08. The van der Waals surface area contributed by atoms with E-state index < -0.39 is 0 Å². The van der Waals surface area contributed by atoms with Crippen molar-refractivity contribution < 1.29 is 18.7 Å². The molecule has 3 aliphatic rings. The first-order valence-corrected chi connectivity index (χ1v) is 8.84.